The molecule has 7 N–H and O–H groups in total. The van der Waals surface area contributed by atoms with Crippen LogP contribution in [0.25, 0.3) is 6.08 Å². The molecule has 4 aliphatic rings. The molecule has 0 amide bonds. The van der Waals surface area contributed by atoms with Gasteiger partial charge in [-0.05, 0) is 74.1 Å². The van der Waals surface area contributed by atoms with Crippen LogP contribution in [0.1, 0.15) is 58.4 Å². The van der Waals surface area contributed by atoms with Gasteiger partial charge in [-0.2, -0.15) is 0 Å². The van der Waals surface area contributed by atoms with Crippen LogP contribution in [0.4, 0.5) is 11.8 Å². The highest BCUT2D eigenvalue weighted by atomic mass is 16.5. The first-order valence-electron chi connectivity index (χ1n) is 17.3. The highest BCUT2D eigenvalue weighted by Crippen LogP contribution is 2.62. The van der Waals surface area contributed by atoms with Gasteiger partial charge in [0.2, 0.25) is 0 Å². The third kappa shape index (κ3) is 7.21. The first-order chi connectivity index (χ1) is 24.3. The van der Waals surface area contributed by atoms with E-state index in [9.17, 15) is 24.6 Å². The van der Waals surface area contributed by atoms with Crippen LogP contribution in [0.15, 0.2) is 74.9 Å². The molecule has 5 unspecified atom stereocenters. The van der Waals surface area contributed by atoms with Crippen LogP contribution in [0.3, 0.4) is 0 Å². The number of ether oxygens (including phenoxy) is 1. The number of aliphatic hydroxyl groups excluding tert-OH is 2. The van der Waals surface area contributed by atoms with Crippen molar-refractivity contribution in [2.75, 3.05) is 24.2 Å². The summed E-state index contributed by atoms with van der Waals surface area (Å²) in [5, 5.41) is 29.1. The number of aromatic nitrogens is 3. The van der Waals surface area contributed by atoms with E-state index in [0.717, 1.165) is 5.57 Å². The molecule has 2 aliphatic heterocycles. The number of esters is 1. The number of Topliss-reactive ketones (excluding diaryl/α,β-unsaturated/α-hetero) is 1. The maximum absolute atomic E-state index is 13.6. The van der Waals surface area contributed by atoms with Gasteiger partial charge in [0.05, 0.1) is 48.9 Å². The molecule has 6 rings (SSSR count). The summed E-state index contributed by atoms with van der Waals surface area (Å²) in [6.45, 7) is 10.8. The van der Waals surface area contributed by atoms with Crippen LogP contribution in [0, 0.1) is 22.7 Å². The lowest BCUT2D eigenvalue weighted by Gasteiger charge is -2.62. The number of nitrogens with two attached hydrogens (primary N) is 1. The van der Waals surface area contributed by atoms with E-state index in [0.29, 0.717) is 49.5 Å². The number of carbonyl (C=O) groups excluding carboxylic acids is 2. The van der Waals surface area contributed by atoms with Crippen molar-refractivity contribution in [3.63, 3.8) is 0 Å². The Morgan fingerprint density at radius 1 is 1.27 bits per heavy atom. The van der Waals surface area contributed by atoms with Crippen LogP contribution >= 0.6 is 0 Å². The van der Waals surface area contributed by atoms with Gasteiger partial charge < -0.3 is 31.3 Å². The van der Waals surface area contributed by atoms with Crippen LogP contribution in [0.2, 0.25) is 0 Å². The van der Waals surface area contributed by atoms with Crippen molar-refractivity contribution in [1.82, 2.24) is 20.3 Å². The zero-order valence-electron chi connectivity index (χ0n) is 29.1. The molecule has 270 valence electrons. The average molecular weight is 699 g/mol. The van der Waals surface area contributed by atoms with Gasteiger partial charge in [-0.25, -0.2) is 19.8 Å². The van der Waals surface area contributed by atoms with Crippen molar-refractivity contribution in [3.8, 4) is 0 Å². The molecular weight excluding hydrogens is 652 g/mol. The lowest BCUT2D eigenvalue weighted by Crippen LogP contribution is -2.62. The monoisotopic (exact) mass is 698 g/mol. The number of aromatic amines is 1. The van der Waals surface area contributed by atoms with Crippen molar-refractivity contribution in [3.05, 3.63) is 76.1 Å². The highest BCUT2D eigenvalue weighted by Gasteiger charge is 2.60. The van der Waals surface area contributed by atoms with Crippen LogP contribution < -0.4 is 21.9 Å². The Hall–Kier alpha value is -4.79. The van der Waals surface area contributed by atoms with Crippen LogP contribution in [-0.4, -0.2) is 86.3 Å². The number of pyridine rings is 1. The van der Waals surface area contributed by atoms with E-state index >= 15 is 0 Å². The van der Waals surface area contributed by atoms with E-state index in [-0.39, 0.29) is 54.0 Å². The summed E-state index contributed by atoms with van der Waals surface area (Å²) in [7, 11) is 0. The van der Waals surface area contributed by atoms with Gasteiger partial charge >= 0.3 is 5.97 Å². The molecular formula is C37H46N8O6. The maximum atomic E-state index is 13.6. The van der Waals surface area contributed by atoms with Crippen LogP contribution in [0.5, 0.6) is 0 Å². The Balaban J connectivity index is 1.36. The molecule has 2 aromatic heterocycles. The largest absolute Gasteiger partial charge is 0.423 e. The number of nitrogen functional groups attached to an aromatic ring is 1. The number of hydrogen-bond acceptors (Lipinski definition) is 13. The van der Waals surface area contributed by atoms with Crippen molar-refractivity contribution < 1.29 is 24.5 Å². The minimum absolute atomic E-state index is 0.0302. The summed E-state index contributed by atoms with van der Waals surface area (Å²) in [6.07, 6.45) is 9.15. The van der Waals surface area contributed by atoms with E-state index in [1.807, 2.05) is 19.9 Å². The Morgan fingerprint density at radius 2 is 2.08 bits per heavy atom. The fraction of sp³-hybridized carbons (Fsp3) is 0.486. The topological polar surface area (TPSA) is 217 Å². The summed E-state index contributed by atoms with van der Waals surface area (Å²) in [5.74, 6) is 0.145. The predicted molar refractivity (Wildman–Crippen MR) is 194 cm³/mol. The van der Waals surface area contributed by atoms with Gasteiger partial charge in [-0.1, -0.05) is 32.1 Å². The van der Waals surface area contributed by atoms with Crippen LogP contribution in [-0.2, 0) is 14.3 Å². The number of H-pyrrole nitrogens is 1. The number of aliphatic hydroxyl groups is 2. The number of amidine groups is 1. The molecule has 14 nitrogen and oxygen atoms in total. The van der Waals surface area contributed by atoms with E-state index < -0.39 is 40.5 Å². The number of allylic oxidation sites excluding steroid dienone is 1. The molecule has 0 radical (unpaired) electrons. The Kier molecular flexibility index (Phi) is 10.2. The third-order valence-electron chi connectivity index (χ3n) is 11.4. The third-order valence-corrected chi connectivity index (χ3v) is 11.4. The van der Waals surface area contributed by atoms with E-state index in [4.69, 9.17) is 10.5 Å². The number of fused-ring (bicyclic) bond motifs is 1. The van der Waals surface area contributed by atoms with E-state index in [1.165, 1.54) is 12.3 Å². The van der Waals surface area contributed by atoms with Gasteiger partial charge in [-0.15, -0.1) is 0 Å². The molecule has 0 aromatic carbocycles. The molecule has 14 heteroatoms. The predicted octanol–water partition coefficient (Wildman–Crippen LogP) is 2.58. The lowest BCUT2D eigenvalue weighted by molar-refractivity contribution is -0.156. The molecule has 0 bridgehead atoms. The summed E-state index contributed by atoms with van der Waals surface area (Å²) in [5.41, 5.74) is 5.23. The normalized spacial score (nSPS) is 30.7. The van der Waals surface area contributed by atoms with Gasteiger partial charge in [-0.3, -0.25) is 19.6 Å². The molecule has 2 aromatic rings. The second kappa shape index (κ2) is 14.4. The highest BCUT2D eigenvalue weighted by molar-refractivity contribution is 6.07. The Morgan fingerprint density at radius 3 is 2.76 bits per heavy atom. The Bertz CT molecular complexity index is 1870. The number of hydrogen-bond donors (Lipinski definition) is 6. The minimum Gasteiger partial charge on any atom is -0.423 e. The number of cyclic esters (lactones) is 1. The van der Waals surface area contributed by atoms with Crippen molar-refractivity contribution in [1.29, 1.82) is 0 Å². The lowest BCUT2D eigenvalue weighted by atomic mass is 9.45. The smallest absolute Gasteiger partial charge is 0.341 e. The number of nitrogens with zero attached hydrogens (tertiary/aromatic N) is 4. The van der Waals surface area contributed by atoms with E-state index in [2.05, 4.69) is 49.1 Å². The fourth-order valence-electron chi connectivity index (χ4n) is 8.42. The van der Waals surface area contributed by atoms with Gasteiger partial charge in [0.1, 0.15) is 17.4 Å². The summed E-state index contributed by atoms with van der Waals surface area (Å²) < 4.78 is 5.65. The maximum Gasteiger partial charge on any atom is 0.341 e. The van der Waals surface area contributed by atoms with Crippen molar-refractivity contribution in [2.45, 2.75) is 77.1 Å². The number of aliphatic imine (C=N–C) groups is 2. The van der Waals surface area contributed by atoms with E-state index in [1.54, 1.807) is 30.6 Å². The SMILES string of the molecule is C=C1C(NC(C)C(=O)CC2=NCC=N2)CC2[C@](C)(CC[C@@H](O)[C@@]2(C)CO)C1CC(Nc1ccccn1)C1=C/C(=C\c2cnc(N)[nH]c2=O)OC1=O. The minimum atomic E-state index is -0.821. The zero-order chi connectivity index (χ0) is 36.5. The Labute approximate surface area is 296 Å². The first kappa shape index (κ1) is 36.0. The number of ketones is 1. The van der Waals surface area contributed by atoms with Crippen molar-refractivity contribution in [2.24, 2.45) is 32.7 Å². The van der Waals surface area contributed by atoms with Gasteiger partial charge in [0, 0.05) is 30.1 Å². The number of carbonyl (C=O) groups is 2. The summed E-state index contributed by atoms with van der Waals surface area (Å²) >= 11 is 0. The molecule has 8 atom stereocenters. The van der Waals surface area contributed by atoms with Crippen molar-refractivity contribution >= 4 is 41.6 Å². The number of anilines is 2. The summed E-state index contributed by atoms with van der Waals surface area (Å²) in [6, 6.07) is 3.94. The summed E-state index contributed by atoms with van der Waals surface area (Å²) in [4.78, 5) is 58.7. The molecule has 0 spiro atoms. The molecule has 51 heavy (non-hydrogen) atoms. The number of nitrogens with one attached hydrogen (secondary N) is 3. The second-order valence-corrected chi connectivity index (χ2v) is 14.5. The van der Waals surface area contributed by atoms with Gasteiger partial charge in [0.25, 0.3) is 5.56 Å². The quantitative estimate of drug-likeness (QED) is 0.140. The molecule has 4 heterocycles. The average Bonchev–Trinajstić information content (AvgIpc) is 3.76. The fourth-order valence-corrected chi connectivity index (χ4v) is 8.42. The molecule has 2 fully saturated rings. The zero-order valence-corrected chi connectivity index (χ0v) is 29.1. The number of rotatable bonds is 12. The molecule has 2 saturated carbocycles. The molecule has 0 saturated heterocycles. The van der Waals surface area contributed by atoms with Gasteiger partial charge in [0.15, 0.2) is 11.7 Å². The molecule has 2 aliphatic carbocycles. The first-order valence-corrected chi connectivity index (χ1v) is 17.3. The second-order valence-electron chi connectivity index (χ2n) is 14.5. The standard InChI is InChI=1S/C37H46N8O6/c1-20-25(15-27(44-31-7-5-6-10-39-31)24-14-23(51-34(24)50)13-22-18-42-35(38)45-33(22)49)36(3)9-8-30(48)37(4,19-46)29(36)16-26(20)43-21(2)28(47)17-32-40-11-12-41-32/h5-7,10-11,13-14,18,21,25-27,29-30,43,46,48H,1,8-9,12,15-17,19H2,2-4H3,(H,39,44)(H3,38,42,45,49)/b23-13+/t21?,25?,26?,27?,29?,30-,36-,37+/m1/s1.